The second-order valence-corrected chi connectivity index (χ2v) is 3.37. The van der Waals surface area contributed by atoms with E-state index in [0.717, 1.165) is 0 Å². The molecule has 0 atom stereocenters. The summed E-state index contributed by atoms with van der Waals surface area (Å²) in [5.74, 6) is 0.0643. The Bertz CT molecular complexity index is 335. The molecule has 0 amide bonds. The summed E-state index contributed by atoms with van der Waals surface area (Å²) in [7, 11) is 1.32. The summed E-state index contributed by atoms with van der Waals surface area (Å²) in [5.41, 5.74) is 0.190. The van der Waals surface area contributed by atoms with Crippen molar-refractivity contribution in [3.63, 3.8) is 0 Å². The van der Waals surface area contributed by atoms with Crippen LogP contribution in [0.3, 0.4) is 0 Å². The van der Waals surface area contributed by atoms with Crippen LogP contribution in [0.4, 0.5) is 8.78 Å². The Morgan fingerprint density at radius 2 is 2.29 bits per heavy atom. The van der Waals surface area contributed by atoms with Crippen molar-refractivity contribution in [2.45, 2.75) is 11.8 Å². The molecule has 0 spiro atoms. The second-order valence-electron chi connectivity index (χ2n) is 2.45. The fourth-order valence-electron chi connectivity index (χ4n) is 0.984. The Hall–Kier alpha value is -0.420. The van der Waals surface area contributed by atoms with Gasteiger partial charge in [-0.25, -0.2) is 13.8 Å². The van der Waals surface area contributed by atoms with Gasteiger partial charge in [-0.05, 0) is 0 Å². The van der Waals surface area contributed by atoms with Crippen molar-refractivity contribution in [2.24, 2.45) is 0 Å². The molecule has 0 saturated carbocycles. The van der Waals surface area contributed by atoms with E-state index in [2.05, 4.69) is 20.9 Å². The molecule has 0 aromatic carbocycles. The number of rotatable bonds is 3. The highest BCUT2D eigenvalue weighted by Crippen LogP contribution is 2.34. The summed E-state index contributed by atoms with van der Waals surface area (Å²) in [6.07, 6.45) is -2.69. The summed E-state index contributed by atoms with van der Waals surface area (Å²) in [6.45, 7) is 0. The molecular formula is C8H7BrClF2NO. The van der Waals surface area contributed by atoms with Crippen LogP contribution in [0.5, 0.6) is 5.75 Å². The first-order valence-corrected chi connectivity index (χ1v) is 5.17. The lowest BCUT2D eigenvalue weighted by Crippen LogP contribution is -1.98. The van der Waals surface area contributed by atoms with Crippen molar-refractivity contribution in [2.75, 3.05) is 7.11 Å². The molecule has 0 saturated heterocycles. The van der Waals surface area contributed by atoms with E-state index in [0.29, 0.717) is 11.0 Å². The summed E-state index contributed by atoms with van der Waals surface area (Å²) in [5, 5.41) is 0.223. The minimum Gasteiger partial charge on any atom is -0.496 e. The lowest BCUT2D eigenvalue weighted by atomic mass is 10.2. The first kappa shape index (κ1) is 11.7. The van der Waals surface area contributed by atoms with E-state index in [-0.39, 0.29) is 16.5 Å². The molecule has 0 aliphatic heterocycles. The largest absolute Gasteiger partial charge is 0.496 e. The van der Waals surface area contributed by atoms with Crippen LogP contribution < -0.4 is 4.74 Å². The Morgan fingerprint density at radius 1 is 1.64 bits per heavy atom. The lowest BCUT2D eigenvalue weighted by molar-refractivity contribution is 0.146. The Kier molecular flexibility index (Phi) is 4.07. The molecule has 0 aliphatic rings. The van der Waals surface area contributed by atoms with E-state index < -0.39 is 6.43 Å². The zero-order chi connectivity index (χ0) is 10.7. The van der Waals surface area contributed by atoms with Gasteiger partial charge in [0.05, 0.1) is 18.4 Å². The molecule has 1 aromatic rings. The van der Waals surface area contributed by atoms with Gasteiger partial charge in [-0.2, -0.15) is 0 Å². The zero-order valence-electron chi connectivity index (χ0n) is 7.23. The van der Waals surface area contributed by atoms with Crippen LogP contribution in [0.1, 0.15) is 17.7 Å². The minimum atomic E-state index is -2.69. The number of halogens is 4. The topological polar surface area (TPSA) is 22.1 Å². The van der Waals surface area contributed by atoms with Gasteiger partial charge in [0.15, 0.2) is 0 Å². The van der Waals surface area contributed by atoms with Crippen LogP contribution >= 0.6 is 27.5 Å². The molecule has 0 N–H and O–H groups in total. The van der Waals surface area contributed by atoms with Gasteiger partial charge in [-0.15, -0.1) is 0 Å². The fourth-order valence-corrected chi connectivity index (χ4v) is 1.56. The standard InChI is InChI=1S/C8H7BrClF2NO/c1-14-5-2-4(3-9)13-7(10)6(5)8(11)12/h2,8H,3H2,1H3. The van der Waals surface area contributed by atoms with Crippen molar-refractivity contribution in [3.8, 4) is 5.75 Å². The molecular weight excluding hydrogens is 279 g/mol. The predicted octanol–water partition coefficient (Wildman–Crippen LogP) is 3.58. The maximum Gasteiger partial charge on any atom is 0.270 e. The summed E-state index contributed by atoms with van der Waals surface area (Å²) in [4.78, 5) is 3.78. The van der Waals surface area contributed by atoms with Gasteiger partial charge >= 0.3 is 0 Å². The maximum atomic E-state index is 12.5. The van der Waals surface area contributed by atoms with Gasteiger partial charge in [-0.1, -0.05) is 27.5 Å². The molecule has 1 aromatic heterocycles. The fraction of sp³-hybridized carbons (Fsp3) is 0.375. The zero-order valence-corrected chi connectivity index (χ0v) is 9.57. The Balaban J connectivity index is 3.27. The average molecular weight is 287 g/mol. The average Bonchev–Trinajstić information content (AvgIpc) is 2.15. The van der Waals surface area contributed by atoms with Gasteiger partial charge in [0.25, 0.3) is 6.43 Å². The van der Waals surface area contributed by atoms with Crippen LogP contribution in [-0.4, -0.2) is 12.1 Å². The third-order valence-electron chi connectivity index (χ3n) is 1.60. The van der Waals surface area contributed by atoms with Crippen LogP contribution in [0.25, 0.3) is 0 Å². The smallest absolute Gasteiger partial charge is 0.270 e. The number of aromatic nitrogens is 1. The molecule has 1 heterocycles. The molecule has 0 aliphatic carbocycles. The van der Waals surface area contributed by atoms with Crippen molar-refractivity contribution in [1.29, 1.82) is 0 Å². The normalized spacial score (nSPS) is 10.7. The van der Waals surface area contributed by atoms with E-state index in [4.69, 9.17) is 16.3 Å². The highest BCUT2D eigenvalue weighted by atomic mass is 79.9. The number of hydrogen-bond donors (Lipinski definition) is 0. The van der Waals surface area contributed by atoms with E-state index in [9.17, 15) is 8.78 Å². The van der Waals surface area contributed by atoms with Gasteiger partial charge < -0.3 is 4.74 Å². The number of ether oxygens (including phenoxy) is 1. The first-order valence-electron chi connectivity index (χ1n) is 3.67. The van der Waals surface area contributed by atoms with Crippen LogP contribution in [0.2, 0.25) is 5.15 Å². The molecule has 0 bridgehead atoms. The molecule has 2 nitrogen and oxygen atoms in total. The van der Waals surface area contributed by atoms with E-state index in [1.807, 2.05) is 0 Å². The second kappa shape index (κ2) is 4.89. The van der Waals surface area contributed by atoms with E-state index in [1.54, 1.807) is 0 Å². The predicted molar refractivity (Wildman–Crippen MR) is 53.4 cm³/mol. The summed E-state index contributed by atoms with van der Waals surface area (Å²) >= 11 is 8.75. The van der Waals surface area contributed by atoms with Crippen molar-refractivity contribution in [1.82, 2.24) is 4.98 Å². The summed E-state index contributed by atoms with van der Waals surface area (Å²) < 4.78 is 29.8. The lowest BCUT2D eigenvalue weighted by Gasteiger charge is -2.10. The number of nitrogens with zero attached hydrogens (tertiary/aromatic N) is 1. The molecule has 78 valence electrons. The van der Waals surface area contributed by atoms with Gasteiger partial charge in [0.1, 0.15) is 10.9 Å². The van der Waals surface area contributed by atoms with Gasteiger partial charge in [0.2, 0.25) is 0 Å². The molecule has 0 fully saturated rings. The molecule has 0 unspecified atom stereocenters. The number of hydrogen-bond acceptors (Lipinski definition) is 2. The monoisotopic (exact) mass is 285 g/mol. The van der Waals surface area contributed by atoms with E-state index >= 15 is 0 Å². The van der Waals surface area contributed by atoms with Gasteiger partial charge in [-0.3, -0.25) is 0 Å². The number of alkyl halides is 3. The maximum absolute atomic E-state index is 12.5. The van der Waals surface area contributed by atoms with Crippen molar-refractivity contribution >= 4 is 27.5 Å². The van der Waals surface area contributed by atoms with Crippen LogP contribution in [-0.2, 0) is 5.33 Å². The molecule has 1 rings (SSSR count). The third kappa shape index (κ3) is 2.33. The third-order valence-corrected chi connectivity index (χ3v) is 2.46. The quantitative estimate of drug-likeness (QED) is 0.626. The Labute approximate surface area is 93.4 Å². The highest BCUT2D eigenvalue weighted by Gasteiger charge is 2.20. The first-order chi connectivity index (χ1) is 6.60. The number of methoxy groups -OCH3 is 1. The molecule has 14 heavy (non-hydrogen) atoms. The Morgan fingerprint density at radius 3 is 2.71 bits per heavy atom. The summed E-state index contributed by atoms with van der Waals surface area (Å²) in [6, 6.07) is 1.43. The minimum absolute atomic E-state index is 0.0643. The van der Waals surface area contributed by atoms with E-state index in [1.165, 1.54) is 13.2 Å². The SMILES string of the molecule is COc1cc(CBr)nc(Cl)c1C(F)F. The van der Waals surface area contributed by atoms with Crippen LogP contribution in [0, 0.1) is 0 Å². The highest BCUT2D eigenvalue weighted by molar-refractivity contribution is 9.08. The van der Waals surface area contributed by atoms with Gasteiger partial charge in [0, 0.05) is 11.4 Å². The van der Waals surface area contributed by atoms with Crippen molar-refractivity contribution in [3.05, 3.63) is 22.5 Å². The molecule has 0 radical (unpaired) electrons. The number of pyridine rings is 1. The van der Waals surface area contributed by atoms with Crippen LogP contribution in [0.15, 0.2) is 6.07 Å². The molecule has 6 heteroatoms. The van der Waals surface area contributed by atoms with Crippen molar-refractivity contribution < 1.29 is 13.5 Å².